The highest BCUT2D eigenvalue weighted by atomic mass is 16.5. The summed E-state index contributed by atoms with van der Waals surface area (Å²) < 4.78 is 5.13. The minimum absolute atomic E-state index is 0.135. The lowest BCUT2D eigenvalue weighted by Crippen LogP contribution is -2.51. The minimum Gasteiger partial charge on any atom is -0.548 e. The van der Waals surface area contributed by atoms with Crippen LogP contribution in [-0.4, -0.2) is 29.8 Å². The lowest BCUT2D eigenvalue weighted by molar-refractivity contribution is -0.309. The third-order valence-corrected chi connectivity index (χ3v) is 2.09. The molecule has 16 heavy (non-hydrogen) atoms. The van der Waals surface area contributed by atoms with Gasteiger partial charge in [0, 0.05) is 0 Å². The van der Waals surface area contributed by atoms with Crippen LogP contribution in [0.3, 0.4) is 0 Å². The molecule has 0 amide bonds. The molecule has 0 unspecified atom stereocenters. The van der Waals surface area contributed by atoms with Gasteiger partial charge >= 0.3 is 0 Å². The first-order chi connectivity index (χ1) is 7.61. The SMILES string of the molecule is N[C@@H](C(=O)[O-])[C@@H](O)COCc1ccccc1. The molecule has 1 aromatic rings. The number of carboxylic acid groups (broad SMARTS) is 1. The average Bonchev–Trinajstić information content (AvgIpc) is 2.29. The van der Waals surface area contributed by atoms with Crippen molar-refractivity contribution < 1.29 is 19.7 Å². The van der Waals surface area contributed by atoms with Gasteiger partial charge in [-0.05, 0) is 5.56 Å². The summed E-state index contributed by atoms with van der Waals surface area (Å²) in [4.78, 5) is 10.3. The summed E-state index contributed by atoms with van der Waals surface area (Å²) in [5.74, 6) is -1.49. The molecule has 0 aromatic heterocycles. The lowest BCUT2D eigenvalue weighted by atomic mass is 10.2. The smallest absolute Gasteiger partial charge is 0.0977 e. The number of rotatable bonds is 6. The van der Waals surface area contributed by atoms with Crippen molar-refractivity contribution in [3.63, 3.8) is 0 Å². The molecule has 0 saturated heterocycles. The first kappa shape index (κ1) is 12.6. The predicted molar refractivity (Wildman–Crippen MR) is 55.1 cm³/mol. The van der Waals surface area contributed by atoms with Gasteiger partial charge in [0.25, 0.3) is 0 Å². The second-order valence-electron chi connectivity index (χ2n) is 3.41. The largest absolute Gasteiger partial charge is 0.548 e. The van der Waals surface area contributed by atoms with Crippen molar-refractivity contribution in [1.29, 1.82) is 0 Å². The van der Waals surface area contributed by atoms with E-state index in [0.717, 1.165) is 5.56 Å². The number of carbonyl (C=O) groups excluding carboxylic acids is 1. The molecule has 3 N–H and O–H groups in total. The minimum atomic E-state index is -1.49. The molecule has 0 heterocycles. The number of hydrogen-bond donors (Lipinski definition) is 2. The van der Waals surface area contributed by atoms with Crippen molar-refractivity contribution in [2.45, 2.75) is 18.8 Å². The lowest BCUT2D eigenvalue weighted by Gasteiger charge is -2.19. The van der Waals surface area contributed by atoms with Crippen molar-refractivity contribution in [2.24, 2.45) is 5.73 Å². The Bertz CT molecular complexity index is 328. The number of benzene rings is 1. The summed E-state index contributed by atoms with van der Waals surface area (Å²) in [6.07, 6.45) is -1.26. The Morgan fingerprint density at radius 3 is 2.62 bits per heavy atom. The van der Waals surface area contributed by atoms with E-state index < -0.39 is 18.1 Å². The van der Waals surface area contributed by atoms with E-state index in [0.29, 0.717) is 6.61 Å². The van der Waals surface area contributed by atoms with Gasteiger partial charge in [0.1, 0.15) is 0 Å². The first-order valence-electron chi connectivity index (χ1n) is 4.87. The van der Waals surface area contributed by atoms with E-state index in [-0.39, 0.29) is 6.61 Å². The van der Waals surface area contributed by atoms with Crippen LogP contribution in [0.1, 0.15) is 5.56 Å². The molecule has 0 spiro atoms. The van der Waals surface area contributed by atoms with E-state index in [9.17, 15) is 15.0 Å². The third kappa shape index (κ3) is 3.98. The molecule has 2 atom stereocenters. The van der Waals surface area contributed by atoms with Gasteiger partial charge in [0.2, 0.25) is 0 Å². The van der Waals surface area contributed by atoms with E-state index in [2.05, 4.69) is 0 Å². The first-order valence-corrected chi connectivity index (χ1v) is 4.87. The van der Waals surface area contributed by atoms with Crippen LogP contribution in [0.4, 0.5) is 0 Å². The maximum Gasteiger partial charge on any atom is 0.0977 e. The second kappa shape index (κ2) is 6.22. The number of carbonyl (C=O) groups is 1. The van der Waals surface area contributed by atoms with Crippen molar-refractivity contribution in [3.05, 3.63) is 35.9 Å². The number of carboxylic acids is 1. The van der Waals surface area contributed by atoms with Gasteiger partial charge < -0.3 is 25.5 Å². The molecular formula is C11H14NO4-. The Morgan fingerprint density at radius 1 is 1.44 bits per heavy atom. The maximum absolute atomic E-state index is 10.3. The summed E-state index contributed by atoms with van der Waals surface area (Å²) in [6.45, 7) is 0.168. The summed E-state index contributed by atoms with van der Waals surface area (Å²) >= 11 is 0. The van der Waals surface area contributed by atoms with Gasteiger partial charge in [0.15, 0.2) is 0 Å². The monoisotopic (exact) mass is 224 g/mol. The van der Waals surface area contributed by atoms with E-state index in [1.807, 2.05) is 30.3 Å². The summed E-state index contributed by atoms with van der Waals surface area (Å²) in [7, 11) is 0. The fourth-order valence-corrected chi connectivity index (χ4v) is 1.13. The zero-order valence-corrected chi connectivity index (χ0v) is 8.70. The summed E-state index contributed by atoms with van der Waals surface area (Å²) in [5.41, 5.74) is 6.09. The molecule has 5 nitrogen and oxygen atoms in total. The third-order valence-electron chi connectivity index (χ3n) is 2.09. The zero-order chi connectivity index (χ0) is 12.0. The molecule has 0 aliphatic heterocycles. The molecule has 1 aromatic carbocycles. The average molecular weight is 224 g/mol. The van der Waals surface area contributed by atoms with Gasteiger partial charge in [-0.3, -0.25) is 0 Å². The van der Waals surface area contributed by atoms with Crippen molar-refractivity contribution in [3.8, 4) is 0 Å². The molecule has 0 aliphatic rings. The molecule has 0 fully saturated rings. The molecule has 5 heteroatoms. The predicted octanol–water partition coefficient (Wildman–Crippen LogP) is -1.36. The number of nitrogens with two attached hydrogens (primary N) is 1. The summed E-state index contributed by atoms with van der Waals surface area (Å²) in [5, 5.41) is 19.6. The van der Waals surface area contributed by atoms with Crippen LogP contribution in [0.15, 0.2) is 30.3 Å². The van der Waals surface area contributed by atoms with E-state index in [1.54, 1.807) is 0 Å². The Morgan fingerprint density at radius 2 is 2.06 bits per heavy atom. The van der Waals surface area contributed by atoms with Gasteiger partial charge in [-0.2, -0.15) is 0 Å². The fraction of sp³-hybridized carbons (Fsp3) is 0.364. The van der Waals surface area contributed by atoms with Crippen molar-refractivity contribution in [1.82, 2.24) is 0 Å². The maximum atomic E-state index is 10.3. The number of aliphatic hydroxyl groups is 1. The van der Waals surface area contributed by atoms with E-state index in [4.69, 9.17) is 10.5 Å². The normalized spacial score (nSPS) is 14.4. The zero-order valence-electron chi connectivity index (χ0n) is 8.70. The Balaban J connectivity index is 2.28. The molecule has 0 bridgehead atoms. The molecule has 0 saturated carbocycles. The highest BCUT2D eigenvalue weighted by molar-refractivity contribution is 5.71. The quantitative estimate of drug-likeness (QED) is 0.622. The Labute approximate surface area is 93.5 Å². The summed E-state index contributed by atoms with van der Waals surface area (Å²) in [6, 6.07) is 7.92. The number of hydrogen-bond acceptors (Lipinski definition) is 5. The Kier molecular flexibility index (Phi) is 4.91. The topological polar surface area (TPSA) is 95.6 Å². The number of ether oxygens (including phenoxy) is 1. The molecule has 0 aliphatic carbocycles. The van der Waals surface area contributed by atoms with Crippen LogP contribution in [0.25, 0.3) is 0 Å². The molecule has 1 rings (SSSR count). The van der Waals surface area contributed by atoms with Crippen LogP contribution in [0.2, 0.25) is 0 Å². The highest BCUT2D eigenvalue weighted by Gasteiger charge is 2.15. The van der Waals surface area contributed by atoms with Gasteiger partial charge in [-0.25, -0.2) is 0 Å². The van der Waals surface area contributed by atoms with Crippen LogP contribution in [0, 0.1) is 0 Å². The number of aliphatic hydroxyl groups excluding tert-OH is 1. The van der Waals surface area contributed by atoms with Crippen molar-refractivity contribution in [2.75, 3.05) is 6.61 Å². The van der Waals surface area contributed by atoms with Crippen LogP contribution in [0.5, 0.6) is 0 Å². The molecule has 88 valence electrons. The van der Waals surface area contributed by atoms with Crippen LogP contribution >= 0.6 is 0 Å². The van der Waals surface area contributed by atoms with Gasteiger partial charge in [-0.15, -0.1) is 0 Å². The van der Waals surface area contributed by atoms with E-state index in [1.165, 1.54) is 0 Å². The second-order valence-corrected chi connectivity index (χ2v) is 3.41. The highest BCUT2D eigenvalue weighted by Crippen LogP contribution is 2.01. The standard InChI is InChI=1S/C11H15NO4/c12-10(11(14)15)9(13)7-16-6-8-4-2-1-3-5-8/h1-5,9-10,13H,6-7,12H2,(H,14,15)/p-1/t9-,10+/m0/s1. The Hall–Kier alpha value is -1.43. The fourth-order valence-electron chi connectivity index (χ4n) is 1.13. The van der Waals surface area contributed by atoms with Crippen molar-refractivity contribution >= 4 is 5.97 Å². The van der Waals surface area contributed by atoms with Crippen LogP contribution in [-0.2, 0) is 16.1 Å². The van der Waals surface area contributed by atoms with Gasteiger partial charge in [-0.1, -0.05) is 30.3 Å². The van der Waals surface area contributed by atoms with Gasteiger partial charge in [0.05, 0.1) is 31.3 Å². The van der Waals surface area contributed by atoms with E-state index >= 15 is 0 Å². The van der Waals surface area contributed by atoms with Crippen LogP contribution < -0.4 is 10.8 Å². The molecule has 0 radical (unpaired) electrons. The number of aliphatic carboxylic acids is 1. The molecular weight excluding hydrogens is 210 g/mol.